The Morgan fingerprint density at radius 3 is 2.75 bits per heavy atom. The molecule has 5 nitrogen and oxygen atoms in total. The lowest BCUT2D eigenvalue weighted by Gasteiger charge is -2.28. The Kier molecular flexibility index (Phi) is 5.68. The first-order valence-corrected chi connectivity index (χ1v) is 11.9. The highest BCUT2D eigenvalue weighted by atomic mass is 16.5. The smallest absolute Gasteiger partial charge is 0.274 e. The number of ether oxygens (including phenoxy) is 1. The Morgan fingerprint density at radius 1 is 1.19 bits per heavy atom. The van der Waals surface area contributed by atoms with Gasteiger partial charge in [-0.15, -0.1) is 0 Å². The van der Waals surface area contributed by atoms with Gasteiger partial charge in [0.25, 0.3) is 5.56 Å². The number of fused-ring (bicyclic) bond motifs is 1. The number of aryl methyl sites for hydroxylation is 1. The molecular weight excluding hydrogens is 398 g/mol. The third-order valence-electron chi connectivity index (χ3n) is 6.62. The molecule has 0 radical (unpaired) electrons. The number of H-pyrrole nitrogens is 1. The second-order valence-electron chi connectivity index (χ2n) is 9.82. The van der Waals surface area contributed by atoms with E-state index in [0.29, 0.717) is 17.4 Å². The first kappa shape index (κ1) is 21.1. The second-order valence-corrected chi connectivity index (χ2v) is 9.82. The fourth-order valence-electron chi connectivity index (χ4n) is 4.70. The van der Waals surface area contributed by atoms with Gasteiger partial charge in [0.05, 0.1) is 6.61 Å². The highest BCUT2D eigenvalue weighted by Crippen LogP contribution is 2.38. The Balaban J connectivity index is 1.55. The van der Waals surface area contributed by atoms with E-state index in [-0.39, 0.29) is 5.56 Å². The van der Waals surface area contributed by atoms with Gasteiger partial charge in [-0.05, 0) is 60.4 Å². The lowest BCUT2D eigenvalue weighted by molar-refractivity contribution is 0.268. The fourth-order valence-corrected chi connectivity index (χ4v) is 4.70. The topological polar surface area (TPSA) is 50.3 Å². The minimum absolute atomic E-state index is 0.00872. The zero-order valence-electron chi connectivity index (χ0n) is 19.4. The summed E-state index contributed by atoms with van der Waals surface area (Å²) < 4.78 is 7.95. The molecule has 1 aromatic carbocycles. The van der Waals surface area contributed by atoms with Gasteiger partial charge in [0.2, 0.25) is 0 Å². The third-order valence-corrected chi connectivity index (χ3v) is 6.62. The average molecular weight is 432 g/mol. The minimum Gasteiger partial charge on any atom is -0.493 e. The van der Waals surface area contributed by atoms with Gasteiger partial charge in [0.15, 0.2) is 0 Å². The number of nitrogens with zero attached hydrogens (tertiary/aromatic N) is 2. The summed E-state index contributed by atoms with van der Waals surface area (Å²) in [6.07, 6.45) is 9.74. The molecule has 3 aromatic rings. The molecule has 1 N–H and O–H groups in total. The first-order valence-electron chi connectivity index (χ1n) is 11.9. The van der Waals surface area contributed by atoms with Crippen molar-refractivity contribution < 1.29 is 4.74 Å². The largest absolute Gasteiger partial charge is 0.493 e. The van der Waals surface area contributed by atoms with Crippen LogP contribution in [0, 0.1) is 11.8 Å². The first-order chi connectivity index (χ1) is 15.5. The van der Waals surface area contributed by atoms with Crippen molar-refractivity contribution in [1.82, 2.24) is 14.5 Å². The summed E-state index contributed by atoms with van der Waals surface area (Å²) in [5.74, 6) is 2.27. The summed E-state index contributed by atoms with van der Waals surface area (Å²) in [7, 11) is 1.81. The van der Waals surface area contributed by atoms with Gasteiger partial charge in [0.1, 0.15) is 11.3 Å². The van der Waals surface area contributed by atoms with Crippen molar-refractivity contribution in [3.63, 3.8) is 0 Å². The van der Waals surface area contributed by atoms with Crippen LogP contribution in [0.5, 0.6) is 5.75 Å². The molecule has 0 atom stereocenters. The molecule has 1 aliphatic carbocycles. The van der Waals surface area contributed by atoms with Crippen molar-refractivity contribution in [2.45, 2.75) is 33.1 Å². The lowest BCUT2D eigenvalue weighted by atomic mass is 9.94. The molecule has 0 unspecified atom stereocenters. The van der Waals surface area contributed by atoms with E-state index < -0.39 is 0 Å². The van der Waals surface area contributed by atoms with Crippen molar-refractivity contribution >= 4 is 16.5 Å². The van der Waals surface area contributed by atoms with Crippen LogP contribution in [-0.4, -0.2) is 40.7 Å². The van der Waals surface area contributed by atoms with Crippen LogP contribution in [0.15, 0.2) is 47.5 Å². The Bertz CT molecular complexity index is 1210. The number of hydrogen-bond donors (Lipinski definition) is 1. The summed E-state index contributed by atoms with van der Waals surface area (Å²) >= 11 is 0. The molecule has 0 amide bonds. The van der Waals surface area contributed by atoms with Crippen LogP contribution < -0.4 is 10.3 Å². The number of nitrogens with one attached hydrogen (secondary N) is 1. The van der Waals surface area contributed by atoms with Crippen LogP contribution >= 0.6 is 0 Å². The van der Waals surface area contributed by atoms with Gasteiger partial charge in [-0.25, -0.2) is 0 Å². The van der Waals surface area contributed by atoms with Crippen molar-refractivity contribution in [2.75, 3.05) is 26.2 Å². The highest BCUT2D eigenvalue weighted by Gasteiger charge is 2.23. The summed E-state index contributed by atoms with van der Waals surface area (Å²) in [6.45, 7) is 8.57. The molecule has 1 fully saturated rings. The van der Waals surface area contributed by atoms with E-state index in [1.165, 1.54) is 24.0 Å². The third kappa shape index (κ3) is 4.26. The standard InChI is InChI=1S/C27H33N3O2/c1-18(2)15-30-12-9-20(10-13-30)21-6-7-25(32-17-19-4-5-19)23(14-21)24-16-29(3)27(31)26-22(24)8-11-28-26/h6-9,11,14,16,18-19,28H,4-5,10,12-13,15,17H2,1-3H3. The molecule has 2 aliphatic rings. The molecule has 1 aliphatic heterocycles. The van der Waals surface area contributed by atoms with E-state index in [0.717, 1.165) is 54.9 Å². The molecule has 168 valence electrons. The molecule has 0 saturated heterocycles. The zero-order chi connectivity index (χ0) is 22.2. The van der Waals surface area contributed by atoms with Crippen LogP contribution in [0.1, 0.15) is 38.7 Å². The highest BCUT2D eigenvalue weighted by molar-refractivity contribution is 5.96. The molecule has 3 heterocycles. The van der Waals surface area contributed by atoms with Gasteiger partial charge in [0, 0.05) is 55.6 Å². The number of benzene rings is 1. The van der Waals surface area contributed by atoms with Crippen molar-refractivity contribution in [3.05, 3.63) is 58.7 Å². The van der Waals surface area contributed by atoms with Gasteiger partial charge in [-0.1, -0.05) is 26.0 Å². The van der Waals surface area contributed by atoms with Crippen LogP contribution in [0.4, 0.5) is 0 Å². The molecule has 0 spiro atoms. The minimum atomic E-state index is -0.00872. The Morgan fingerprint density at radius 2 is 2.03 bits per heavy atom. The quantitative estimate of drug-likeness (QED) is 0.568. The number of hydrogen-bond acceptors (Lipinski definition) is 3. The molecule has 5 heteroatoms. The van der Waals surface area contributed by atoms with Gasteiger partial charge >= 0.3 is 0 Å². The van der Waals surface area contributed by atoms with Crippen LogP contribution in [-0.2, 0) is 7.05 Å². The monoisotopic (exact) mass is 431 g/mol. The molecule has 5 rings (SSSR count). The van der Waals surface area contributed by atoms with E-state index in [1.807, 2.05) is 25.5 Å². The van der Waals surface area contributed by atoms with Crippen LogP contribution in [0.25, 0.3) is 27.6 Å². The second kappa shape index (κ2) is 8.62. The molecule has 1 saturated carbocycles. The lowest BCUT2D eigenvalue weighted by Crippen LogP contribution is -2.31. The van der Waals surface area contributed by atoms with Gasteiger partial charge < -0.3 is 14.3 Å². The van der Waals surface area contributed by atoms with E-state index in [9.17, 15) is 4.79 Å². The summed E-state index contributed by atoms with van der Waals surface area (Å²) in [5, 5.41) is 0.947. The Labute approximate surface area is 189 Å². The number of pyridine rings is 1. The maximum atomic E-state index is 12.6. The van der Waals surface area contributed by atoms with E-state index in [2.05, 4.69) is 48.0 Å². The van der Waals surface area contributed by atoms with Gasteiger partial charge in [-0.3, -0.25) is 9.69 Å². The van der Waals surface area contributed by atoms with Crippen LogP contribution in [0.3, 0.4) is 0 Å². The SMILES string of the molecule is CC(C)CN1CC=C(c2ccc(OCC3CC3)c(-c3cn(C)c(=O)c4[nH]ccc34)c2)CC1. The molecular formula is C27H33N3O2. The molecule has 2 aromatic heterocycles. The summed E-state index contributed by atoms with van der Waals surface area (Å²) in [4.78, 5) is 18.2. The maximum Gasteiger partial charge on any atom is 0.274 e. The maximum absolute atomic E-state index is 12.6. The van der Waals surface area contributed by atoms with Crippen LogP contribution in [0.2, 0.25) is 0 Å². The van der Waals surface area contributed by atoms with E-state index in [4.69, 9.17) is 4.74 Å². The predicted molar refractivity (Wildman–Crippen MR) is 131 cm³/mol. The normalized spacial score (nSPS) is 17.2. The number of rotatable bonds is 7. The molecule has 32 heavy (non-hydrogen) atoms. The fraction of sp³-hybridized carbons (Fsp3) is 0.444. The van der Waals surface area contributed by atoms with E-state index >= 15 is 0 Å². The van der Waals surface area contributed by atoms with Gasteiger partial charge in [-0.2, -0.15) is 0 Å². The summed E-state index contributed by atoms with van der Waals surface area (Å²) in [6, 6.07) is 8.58. The zero-order valence-corrected chi connectivity index (χ0v) is 19.4. The van der Waals surface area contributed by atoms with Crippen molar-refractivity contribution in [1.29, 1.82) is 0 Å². The number of aromatic amines is 1. The Hall–Kier alpha value is -2.79. The van der Waals surface area contributed by atoms with Crippen molar-refractivity contribution in [3.8, 4) is 16.9 Å². The average Bonchev–Trinajstić information content (AvgIpc) is 3.48. The van der Waals surface area contributed by atoms with Crippen molar-refractivity contribution in [2.24, 2.45) is 18.9 Å². The predicted octanol–water partition coefficient (Wildman–Crippen LogP) is 5.07. The number of aromatic nitrogens is 2. The molecule has 0 bridgehead atoms. The summed E-state index contributed by atoms with van der Waals surface area (Å²) in [5.41, 5.74) is 5.38. The van der Waals surface area contributed by atoms with E-state index in [1.54, 1.807) is 4.57 Å².